The minimum Gasteiger partial charge on any atom is -0.462 e. The van der Waals surface area contributed by atoms with Gasteiger partial charge in [-0.15, -0.1) is 0 Å². The van der Waals surface area contributed by atoms with Crippen molar-refractivity contribution in [3.8, 4) is 0 Å². The van der Waals surface area contributed by atoms with Crippen LogP contribution in [0.4, 0.5) is 5.69 Å². The van der Waals surface area contributed by atoms with Crippen molar-refractivity contribution in [3.05, 3.63) is 48.3 Å². The molecule has 6 nitrogen and oxygen atoms in total. The number of rotatable bonds is 6. The summed E-state index contributed by atoms with van der Waals surface area (Å²) in [4.78, 5) is 31.9. The van der Waals surface area contributed by atoms with Crippen LogP contribution in [0.15, 0.2) is 47.9 Å². The number of anilines is 1. The van der Waals surface area contributed by atoms with Crippen LogP contribution in [0.25, 0.3) is 0 Å². The molecule has 1 unspecified atom stereocenters. The standard InChI is InChI=1S/C16H17N3O3S/c1-3-22-15(21)12-5-7-13(8-6-12)19-14(20)11(2)23-16-17-9-4-10-18-16/h4-11H,3H2,1-2H3,(H,19,20). The van der Waals surface area contributed by atoms with Crippen molar-refractivity contribution in [3.63, 3.8) is 0 Å². The number of ether oxygens (including phenoxy) is 1. The maximum absolute atomic E-state index is 12.2. The fourth-order valence-electron chi connectivity index (χ4n) is 1.71. The van der Waals surface area contributed by atoms with E-state index >= 15 is 0 Å². The topological polar surface area (TPSA) is 81.2 Å². The second-order valence-electron chi connectivity index (χ2n) is 4.58. The highest BCUT2D eigenvalue weighted by molar-refractivity contribution is 8.00. The van der Waals surface area contributed by atoms with E-state index in [-0.39, 0.29) is 17.1 Å². The zero-order valence-corrected chi connectivity index (χ0v) is 13.7. The van der Waals surface area contributed by atoms with E-state index in [1.165, 1.54) is 11.8 Å². The van der Waals surface area contributed by atoms with E-state index in [1.54, 1.807) is 56.6 Å². The zero-order chi connectivity index (χ0) is 16.7. The van der Waals surface area contributed by atoms with Crippen molar-refractivity contribution in [2.75, 3.05) is 11.9 Å². The van der Waals surface area contributed by atoms with Crippen molar-refractivity contribution in [2.24, 2.45) is 0 Å². The molecule has 2 aromatic rings. The third-order valence-electron chi connectivity index (χ3n) is 2.86. The van der Waals surface area contributed by atoms with Gasteiger partial charge >= 0.3 is 5.97 Å². The third-order valence-corrected chi connectivity index (χ3v) is 3.85. The molecule has 1 aromatic carbocycles. The first kappa shape index (κ1) is 17.0. The molecular weight excluding hydrogens is 314 g/mol. The van der Waals surface area contributed by atoms with E-state index in [4.69, 9.17) is 4.74 Å². The van der Waals surface area contributed by atoms with Crippen LogP contribution in [0, 0.1) is 0 Å². The number of aromatic nitrogens is 2. The van der Waals surface area contributed by atoms with Crippen molar-refractivity contribution in [2.45, 2.75) is 24.3 Å². The second-order valence-corrected chi connectivity index (χ2v) is 5.89. The Bertz CT molecular complexity index is 662. The van der Waals surface area contributed by atoms with Crippen molar-refractivity contribution < 1.29 is 14.3 Å². The van der Waals surface area contributed by atoms with Gasteiger partial charge in [-0.05, 0) is 44.2 Å². The van der Waals surface area contributed by atoms with E-state index in [1.807, 2.05) is 0 Å². The number of nitrogens with one attached hydrogen (secondary N) is 1. The van der Waals surface area contributed by atoms with Crippen LogP contribution in [0.1, 0.15) is 24.2 Å². The molecule has 1 heterocycles. The van der Waals surface area contributed by atoms with Gasteiger partial charge in [-0.2, -0.15) is 0 Å². The fourth-order valence-corrected chi connectivity index (χ4v) is 2.43. The molecule has 120 valence electrons. The number of hydrogen-bond donors (Lipinski definition) is 1. The normalized spacial score (nSPS) is 11.6. The molecule has 1 amide bonds. The van der Waals surface area contributed by atoms with Crippen LogP contribution >= 0.6 is 11.8 Å². The average molecular weight is 331 g/mol. The molecule has 1 aromatic heterocycles. The van der Waals surface area contributed by atoms with Crippen LogP contribution in [0.5, 0.6) is 0 Å². The molecule has 0 saturated heterocycles. The Labute approximate surface area is 138 Å². The monoisotopic (exact) mass is 331 g/mol. The maximum Gasteiger partial charge on any atom is 0.338 e. The van der Waals surface area contributed by atoms with Crippen LogP contribution in [-0.2, 0) is 9.53 Å². The molecule has 0 aliphatic heterocycles. The summed E-state index contributed by atoms with van der Waals surface area (Å²) < 4.78 is 4.91. The van der Waals surface area contributed by atoms with Crippen molar-refractivity contribution >= 4 is 29.3 Å². The summed E-state index contributed by atoms with van der Waals surface area (Å²) in [5.41, 5.74) is 1.06. The molecule has 0 bridgehead atoms. The van der Waals surface area contributed by atoms with E-state index in [0.29, 0.717) is 23.0 Å². The molecule has 0 spiro atoms. The molecule has 0 saturated carbocycles. The highest BCUT2D eigenvalue weighted by Crippen LogP contribution is 2.20. The first-order chi connectivity index (χ1) is 11.1. The molecule has 1 atom stereocenters. The lowest BCUT2D eigenvalue weighted by molar-refractivity contribution is -0.115. The molecule has 0 fully saturated rings. The van der Waals surface area contributed by atoms with Gasteiger partial charge in [0.25, 0.3) is 0 Å². The minimum absolute atomic E-state index is 0.161. The minimum atomic E-state index is -0.379. The molecule has 0 aliphatic carbocycles. The van der Waals surface area contributed by atoms with Gasteiger partial charge in [0.05, 0.1) is 17.4 Å². The smallest absolute Gasteiger partial charge is 0.338 e. The lowest BCUT2D eigenvalue weighted by Gasteiger charge is -2.11. The van der Waals surface area contributed by atoms with Gasteiger partial charge < -0.3 is 10.1 Å². The lowest BCUT2D eigenvalue weighted by atomic mass is 10.2. The zero-order valence-electron chi connectivity index (χ0n) is 12.9. The summed E-state index contributed by atoms with van der Waals surface area (Å²) in [5.74, 6) is -0.540. The summed E-state index contributed by atoms with van der Waals surface area (Å²) >= 11 is 1.28. The molecule has 23 heavy (non-hydrogen) atoms. The number of thioether (sulfide) groups is 1. The molecule has 2 rings (SSSR count). The Morgan fingerprint density at radius 3 is 2.48 bits per heavy atom. The summed E-state index contributed by atoms with van der Waals surface area (Å²) in [5, 5.41) is 3.00. The first-order valence-electron chi connectivity index (χ1n) is 7.12. The number of esters is 1. The van der Waals surface area contributed by atoms with Crippen molar-refractivity contribution in [1.82, 2.24) is 9.97 Å². The molecular formula is C16H17N3O3S. The van der Waals surface area contributed by atoms with Gasteiger partial charge in [0.15, 0.2) is 5.16 Å². The van der Waals surface area contributed by atoms with E-state index in [0.717, 1.165) is 0 Å². The van der Waals surface area contributed by atoms with E-state index in [2.05, 4.69) is 15.3 Å². The first-order valence-corrected chi connectivity index (χ1v) is 8.00. The largest absolute Gasteiger partial charge is 0.462 e. The summed E-state index contributed by atoms with van der Waals surface area (Å²) in [6.45, 7) is 3.86. The second kappa shape index (κ2) is 8.28. The number of nitrogens with zero attached hydrogens (tertiary/aromatic N) is 2. The van der Waals surface area contributed by atoms with Gasteiger partial charge in [0.1, 0.15) is 0 Å². The van der Waals surface area contributed by atoms with Crippen molar-refractivity contribution in [1.29, 1.82) is 0 Å². The Morgan fingerprint density at radius 1 is 1.22 bits per heavy atom. The van der Waals surface area contributed by atoms with Crippen LogP contribution in [-0.4, -0.2) is 33.7 Å². The predicted octanol–water partition coefficient (Wildman–Crippen LogP) is 2.77. The Kier molecular flexibility index (Phi) is 6.10. The highest BCUT2D eigenvalue weighted by Gasteiger charge is 2.16. The Balaban J connectivity index is 1.93. The molecule has 1 N–H and O–H groups in total. The van der Waals surface area contributed by atoms with Gasteiger partial charge in [-0.25, -0.2) is 14.8 Å². The number of hydrogen-bond acceptors (Lipinski definition) is 6. The predicted molar refractivity (Wildman–Crippen MR) is 88.4 cm³/mol. The number of carbonyl (C=O) groups is 2. The van der Waals surface area contributed by atoms with Crippen LogP contribution in [0.3, 0.4) is 0 Å². The average Bonchev–Trinajstić information content (AvgIpc) is 2.56. The summed E-state index contributed by atoms with van der Waals surface area (Å²) in [6, 6.07) is 8.29. The number of benzene rings is 1. The number of amides is 1. The summed E-state index contributed by atoms with van der Waals surface area (Å²) in [7, 11) is 0. The molecule has 0 aliphatic rings. The highest BCUT2D eigenvalue weighted by atomic mass is 32.2. The Hall–Kier alpha value is -2.41. The molecule has 7 heteroatoms. The summed E-state index contributed by atoms with van der Waals surface area (Å²) in [6.07, 6.45) is 3.27. The van der Waals surface area contributed by atoms with Crippen LogP contribution in [0.2, 0.25) is 0 Å². The quantitative estimate of drug-likeness (QED) is 0.498. The van der Waals surface area contributed by atoms with Gasteiger partial charge in [0.2, 0.25) is 5.91 Å². The van der Waals surface area contributed by atoms with Gasteiger partial charge in [-0.3, -0.25) is 4.79 Å². The maximum atomic E-state index is 12.2. The van der Waals surface area contributed by atoms with Crippen LogP contribution < -0.4 is 5.32 Å². The van der Waals surface area contributed by atoms with E-state index < -0.39 is 0 Å². The fraction of sp³-hybridized carbons (Fsp3) is 0.250. The SMILES string of the molecule is CCOC(=O)c1ccc(NC(=O)C(C)Sc2ncccn2)cc1. The Morgan fingerprint density at radius 2 is 1.87 bits per heavy atom. The molecule has 0 radical (unpaired) electrons. The number of carbonyl (C=O) groups excluding carboxylic acids is 2. The van der Waals surface area contributed by atoms with E-state index in [9.17, 15) is 9.59 Å². The third kappa shape index (κ3) is 5.07. The van der Waals surface area contributed by atoms with Gasteiger partial charge in [-0.1, -0.05) is 11.8 Å². The van der Waals surface area contributed by atoms with Gasteiger partial charge in [0, 0.05) is 18.1 Å². The lowest BCUT2D eigenvalue weighted by Crippen LogP contribution is -2.22.